The largest absolute Gasteiger partial charge is 0.504 e. The summed E-state index contributed by atoms with van der Waals surface area (Å²) in [5.74, 6) is -4.90. The molecule has 4 heterocycles. The highest BCUT2D eigenvalue weighted by Gasteiger charge is 2.57. The molecule has 0 spiro atoms. The van der Waals surface area contributed by atoms with Crippen molar-refractivity contribution in [1.82, 2.24) is 25.2 Å². The maximum absolute atomic E-state index is 13.4. The van der Waals surface area contributed by atoms with Gasteiger partial charge in [-0.25, -0.2) is 19.7 Å². The summed E-state index contributed by atoms with van der Waals surface area (Å²) in [5.41, 5.74) is 15.1. The number of nitrogens with one attached hydrogen (secondary N) is 1. The number of nitrogen functional groups attached to an aromatic ring is 3. The average molecular weight is 692 g/mol. The Kier molecular flexibility index (Phi) is 8.99. The number of hydrogen-bond acceptors (Lipinski definition) is 17. The number of aromatic nitrogens is 3. The van der Waals surface area contributed by atoms with Crippen molar-refractivity contribution in [3.63, 3.8) is 0 Å². The predicted octanol–water partition coefficient (Wildman–Crippen LogP) is -0.0993. The summed E-state index contributed by atoms with van der Waals surface area (Å²) in [5, 5.41) is 46.5. The van der Waals surface area contributed by atoms with Crippen LogP contribution in [0.2, 0.25) is 0 Å². The van der Waals surface area contributed by atoms with Crippen molar-refractivity contribution in [3.8, 4) is 11.5 Å². The third-order valence-electron chi connectivity index (χ3n) is 6.86. The summed E-state index contributed by atoms with van der Waals surface area (Å²) in [4.78, 5) is 69.6. The first-order chi connectivity index (χ1) is 21.8. The standard InChI is InChI=1S/C25H25N9O9S3/c26-13-4-14(27)31-24(30-13)46-8-25(22(41)42)6-34-19(38)16(20(34)45-7-25)32-18(37)15(10-5-44-23(28)29-10)33-43-17(21(39)40)9-1-2-11(35)12(36)3-9/h1-5,16-17,20,35-36H,6-8H2,(H2,28,29)(H,32,37)(H,39,40)(H,41,42)(H4,26,27,30,31)/t16?,17?,20-,25?/m1/s1. The zero-order valence-corrected chi connectivity index (χ0v) is 25.7. The van der Waals surface area contributed by atoms with Crippen LogP contribution < -0.4 is 22.5 Å². The second-order valence-electron chi connectivity index (χ2n) is 10.1. The van der Waals surface area contributed by atoms with Crippen molar-refractivity contribution in [2.75, 3.05) is 35.3 Å². The maximum atomic E-state index is 13.4. The minimum absolute atomic E-state index is 0.00863. The number of aromatic hydroxyl groups is 2. The van der Waals surface area contributed by atoms with Crippen LogP contribution in [0.15, 0.2) is 40.0 Å². The number of anilines is 3. The van der Waals surface area contributed by atoms with Gasteiger partial charge in [-0.3, -0.25) is 14.4 Å². The number of phenolic OH excluding ortho intramolecular Hbond substituents is 2. The van der Waals surface area contributed by atoms with E-state index in [2.05, 4.69) is 25.4 Å². The normalized spacial score (nSPS) is 21.5. The van der Waals surface area contributed by atoms with Crippen molar-refractivity contribution < 1.29 is 44.4 Å². The van der Waals surface area contributed by atoms with Crippen molar-refractivity contribution >= 4 is 81.1 Å². The number of β-lactam (4-membered cyclic amide) rings is 1. The molecule has 11 N–H and O–H groups in total. The fourth-order valence-corrected chi connectivity index (χ4v) is 7.78. The average Bonchev–Trinajstić information content (AvgIpc) is 3.43. The van der Waals surface area contributed by atoms with Gasteiger partial charge in [-0.1, -0.05) is 23.0 Å². The molecule has 0 saturated carbocycles. The molecule has 21 heteroatoms. The molecule has 2 saturated heterocycles. The molecule has 1 aromatic carbocycles. The van der Waals surface area contributed by atoms with E-state index >= 15 is 0 Å². The Morgan fingerprint density at radius 1 is 1.13 bits per heavy atom. The van der Waals surface area contributed by atoms with E-state index in [4.69, 9.17) is 22.0 Å². The monoisotopic (exact) mass is 691 g/mol. The van der Waals surface area contributed by atoms with E-state index in [0.717, 1.165) is 47.0 Å². The zero-order chi connectivity index (χ0) is 33.3. The fraction of sp³-hybridized carbons (Fsp3) is 0.280. The van der Waals surface area contributed by atoms with Gasteiger partial charge in [0.1, 0.15) is 34.2 Å². The third kappa shape index (κ3) is 6.50. The number of thiazole rings is 1. The van der Waals surface area contributed by atoms with Gasteiger partial charge in [-0.2, -0.15) is 0 Å². The molecule has 2 aliphatic rings. The number of carbonyl (C=O) groups excluding carboxylic acids is 2. The molecule has 0 radical (unpaired) electrons. The van der Waals surface area contributed by atoms with E-state index in [0.29, 0.717) is 0 Å². The lowest BCUT2D eigenvalue weighted by atomic mass is 9.89. The van der Waals surface area contributed by atoms with Gasteiger partial charge >= 0.3 is 11.9 Å². The van der Waals surface area contributed by atoms with Crippen LogP contribution >= 0.6 is 34.9 Å². The first kappa shape index (κ1) is 32.4. The number of carboxylic acid groups (broad SMARTS) is 2. The van der Waals surface area contributed by atoms with Crippen molar-refractivity contribution in [2.24, 2.45) is 10.6 Å². The quantitative estimate of drug-likeness (QED) is 0.0325. The highest BCUT2D eigenvalue weighted by atomic mass is 32.2. The number of phenols is 2. The summed E-state index contributed by atoms with van der Waals surface area (Å²) in [6.07, 6.45) is -1.81. The summed E-state index contributed by atoms with van der Waals surface area (Å²) in [6.45, 7) is -0.150. The summed E-state index contributed by atoms with van der Waals surface area (Å²) < 4.78 is 0. The molecule has 2 fully saturated rings. The Balaban J connectivity index is 1.31. The minimum Gasteiger partial charge on any atom is -0.504 e. The van der Waals surface area contributed by atoms with Gasteiger partial charge in [0.25, 0.3) is 5.91 Å². The van der Waals surface area contributed by atoms with Crippen LogP contribution in [0.1, 0.15) is 17.4 Å². The topological polar surface area (TPSA) is 303 Å². The molecular weight excluding hydrogens is 667 g/mol. The Labute approximate surface area is 271 Å². The molecule has 242 valence electrons. The second kappa shape index (κ2) is 12.8. The molecule has 3 aromatic rings. The Bertz CT molecular complexity index is 1740. The molecule has 3 unspecified atom stereocenters. The predicted molar refractivity (Wildman–Crippen MR) is 166 cm³/mol. The lowest BCUT2D eigenvalue weighted by molar-refractivity contribution is -0.157. The third-order valence-corrected chi connectivity index (χ3v) is 10.3. The van der Waals surface area contributed by atoms with Crippen LogP contribution in [0.5, 0.6) is 11.5 Å². The molecule has 4 atom stereocenters. The van der Waals surface area contributed by atoms with E-state index < -0.39 is 63.9 Å². The number of amides is 2. The van der Waals surface area contributed by atoms with Gasteiger partial charge in [0.2, 0.25) is 12.0 Å². The van der Waals surface area contributed by atoms with E-state index in [1.165, 1.54) is 22.4 Å². The Morgan fingerprint density at radius 2 is 1.85 bits per heavy atom. The lowest BCUT2D eigenvalue weighted by Gasteiger charge is -2.53. The molecule has 2 aromatic heterocycles. The van der Waals surface area contributed by atoms with Crippen LogP contribution in [0.3, 0.4) is 0 Å². The van der Waals surface area contributed by atoms with Gasteiger partial charge in [0.15, 0.2) is 27.5 Å². The highest BCUT2D eigenvalue weighted by molar-refractivity contribution is 8.00. The molecule has 0 aliphatic carbocycles. The number of hydrogen-bond donors (Lipinski definition) is 8. The smallest absolute Gasteiger partial charge is 0.352 e. The number of rotatable bonds is 11. The maximum Gasteiger partial charge on any atom is 0.352 e. The van der Waals surface area contributed by atoms with Gasteiger partial charge in [-0.05, 0) is 12.1 Å². The van der Waals surface area contributed by atoms with Crippen LogP contribution in [-0.4, -0.2) is 99.2 Å². The number of thioether (sulfide) groups is 2. The fourth-order valence-electron chi connectivity index (χ4n) is 4.50. The number of nitrogens with zero attached hydrogens (tertiary/aromatic N) is 5. The lowest BCUT2D eigenvalue weighted by Crippen LogP contribution is -2.74. The summed E-state index contributed by atoms with van der Waals surface area (Å²) >= 11 is 3.16. The molecule has 2 aliphatic heterocycles. The van der Waals surface area contributed by atoms with Gasteiger partial charge in [0, 0.05) is 35.1 Å². The van der Waals surface area contributed by atoms with Crippen molar-refractivity contribution in [1.29, 1.82) is 0 Å². The summed E-state index contributed by atoms with van der Waals surface area (Å²) in [6, 6.07) is 3.48. The van der Waals surface area contributed by atoms with E-state index in [-0.39, 0.29) is 51.2 Å². The molecule has 18 nitrogen and oxygen atoms in total. The second-order valence-corrected chi connectivity index (χ2v) is 13.0. The number of benzene rings is 1. The van der Waals surface area contributed by atoms with Crippen molar-refractivity contribution in [2.45, 2.75) is 22.7 Å². The molecular formula is C25H25N9O9S3. The van der Waals surface area contributed by atoms with E-state index in [1.807, 2.05) is 0 Å². The first-order valence-corrected chi connectivity index (χ1v) is 15.9. The number of fused-ring (bicyclic) bond motifs is 1. The summed E-state index contributed by atoms with van der Waals surface area (Å²) in [7, 11) is 0. The SMILES string of the molecule is Nc1cc(N)nc(SCC2(C(=O)O)CS[C@@H]3C(NC(=O)C(=NOC(C(=O)O)c4ccc(O)c(O)c4)c4csc(N)n4)C(=O)N3C2)n1. The number of carbonyl (C=O) groups is 4. The van der Waals surface area contributed by atoms with Crippen molar-refractivity contribution in [3.05, 3.63) is 40.9 Å². The molecule has 0 bridgehead atoms. The first-order valence-electron chi connectivity index (χ1n) is 13.0. The van der Waals surface area contributed by atoms with Crippen LogP contribution in [-0.2, 0) is 24.0 Å². The molecule has 46 heavy (non-hydrogen) atoms. The van der Waals surface area contributed by atoms with Gasteiger partial charge in [-0.15, -0.1) is 23.1 Å². The zero-order valence-electron chi connectivity index (χ0n) is 23.3. The van der Waals surface area contributed by atoms with E-state index in [9.17, 15) is 39.6 Å². The number of nitrogens with two attached hydrogens (primary N) is 3. The van der Waals surface area contributed by atoms with E-state index in [1.54, 1.807) is 0 Å². The van der Waals surface area contributed by atoms with Gasteiger partial charge < -0.3 is 52.7 Å². The minimum atomic E-state index is -1.81. The number of carboxylic acids is 2. The molecule has 2 amide bonds. The van der Waals surface area contributed by atoms with Gasteiger partial charge in [0.05, 0.1) is 0 Å². The number of aliphatic carboxylic acids is 2. The Hall–Kier alpha value is -5.02. The highest BCUT2D eigenvalue weighted by Crippen LogP contribution is 2.44. The number of oxime groups is 1. The van der Waals surface area contributed by atoms with Crippen LogP contribution in [0, 0.1) is 5.41 Å². The van der Waals surface area contributed by atoms with Crippen LogP contribution in [0.4, 0.5) is 16.8 Å². The Morgan fingerprint density at radius 3 is 2.46 bits per heavy atom. The van der Waals surface area contributed by atoms with Crippen LogP contribution in [0.25, 0.3) is 0 Å². The molecule has 5 rings (SSSR count).